The van der Waals surface area contributed by atoms with E-state index in [0.717, 1.165) is 0 Å². The van der Waals surface area contributed by atoms with Crippen LogP contribution in [0.1, 0.15) is 53.4 Å². The average molecular weight is 497 g/mol. The van der Waals surface area contributed by atoms with Crippen LogP contribution in [0.25, 0.3) is 0 Å². The van der Waals surface area contributed by atoms with E-state index in [2.05, 4.69) is 15.6 Å². The molecule has 1 aliphatic carbocycles. The molecule has 0 aromatic rings. The number of alkyl halides is 3. The third kappa shape index (κ3) is 9.44. The van der Waals surface area contributed by atoms with Gasteiger partial charge in [-0.25, -0.2) is 0 Å². The molecule has 0 spiro atoms. The number of aliphatic imine (C=N–C) groups is 1. The van der Waals surface area contributed by atoms with Gasteiger partial charge in [0, 0.05) is 33.9 Å². The summed E-state index contributed by atoms with van der Waals surface area (Å²) < 4.78 is 50.4. The molecular formula is C16H31F3IN3OS. The number of halogens is 4. The van der Waals surface area contributed by atoms with E-state index in [1.807, 2.05) is 27.7 Å². The predicted octanol–water partition coefficient (Wildman–Crippen LogP) is 3.83. The van der Waals surface area contributed by atoms with Gasteiger partial charge in [-0.05, 0) is 47.0 Å². The van der Waals surface area contributed by atoms with Crippen molar-refractivity contribution < 1.29 is 17.4 Å². The fourth-order valence-corrected chi connectivity index (χ4v) is 3.55. The van der Waals surface area contributed by atoms with E-state index >= 15 is 0 Å². The van der Waals surface area contributed by atoms with Crippen molar-refractivity contribution in [1.29, 1.82) is 0 Å². The molecule has 0 saturated heterocycles. The van der Waals surface area contributed by atoms with Crippen LogP contribution in [0.5, 0.6) is 0 Å². The highest BCUT2D eigenvalue weighted by Crippen LogP contribution is 2.37. The highest BCUT2D eigenvalue weighted by Gasteiger charge is 2.42. The molecule has 25 heavy (non-hydrogen) atoms. The van der Waals surface area contributed by atoms with Crippen LogP contribution in [0.3, 0.4) is 0 Å². The molecule has 1 rings (SSSR count). The van der Waals surface area contributed by atoms with Gasteiger partial charge in [-0.1, -0.05) is 6.42 Å². The normalized spacial score (nSPS) is 23.6. The van der Waals surface area contributed by atoms with Crippen molar-refractivity contribution in [2.24, 2.45) is 10.9 Å². The number of guanidine groups is 1. The molecule has 3 atom stereocenters. The fourth-order valence-electron chi connectivity index (χ4n) is 2.68. The summed E-state index contributed by atoms with van der Waals surface area (Å²) in [5, 5.41) is 6.17. The van der Waals surface area contributed by atoms with Crippen LogP contribution in [0.4, 0.5) is 13.2 Å². The molecule has 0 amide bonds. The summed E-state index contributed by atoms with van der Waals surface area (Å²) in [5.41, 5.74) is 0. The second kappa shape index (κ2) is 10.9. The number of nitrogens with zero attached hydrogens (tertiary/aromatic N) is 1. The standard InChI is InChI=1S/C16H30F3N3OS.HI/c1-5-20-14(21-9-10-24(23)15(2,3)4)22-13-8-6-7-12(11-13)16(17,18)19;/h12-13H,5-11H2,1-4H3,(H2,20,21,22);1H. The smallest absolute Gasteiger partial charge is 0.357 e. The van der Waals surface area contributed by atoms with Crippen molar-refractivity contribution in [2.75, 3.05) is 18.8 Å². The van der Waals surface area contributed by atoms with Gasteiger partial charge < -0.3 is 10.6 Å². The Hall–Kier alpha value is -0.0600. The zero-order chi connectivity index (χ0) is 18.4. The maximum absolute atomic E-state index is 12.9. The molecule has 0 aromatic carbocycles. The lowest BCUT2D eigenvalue weighted by Gasteiger charge is -2.32. The van der Waals surface area contributed by atoms with Gasteiger partial charge in [0.15, 0.2) is 5.96 Å². The van der Waals surface area contributed by atoms with Crippen molar-refractivity contribution in [1.82, 2.24) is 10.6 Å². The number of rotatable bonds is 5. The molecule has 1 fully saturated rings. The zero-order valence-electron chi connectivity index (χ0n) is 15.4. The molecule has 0 heterocycles. The van der Waals surface area contributed by atoms with Crippen LogP contribution in [-0.2, 0) is 10.8 Å². The van der Waals surface area contributed by atoms with E-state index < -0.39 is 22.9 Å². The molecule has 1 saturated carbocycles. The first kappa shape index (κ1) is 24.9. The third-order valence-corrected chi connectivity index (χ3v) is 5.97. The summed E-state index contributed by atoms with van der Waals surface area (Å²) in [4.78, 5) is 4.37. The Bertz CT molecular complexity index is 453. The summed E-state index contributed by atoms with van der Waals surface area (Å²) in [6, 6.07) is -0.226. The van der Waals surface area contributed by atoms with Gasteiger partial charge in [0.25, 0.3) is 0 Å². The molecule has 2 N–H and O–H groups in total. The Morgan fingerprint density at radius 3 is 2.40 bits per heavy atom. The second-order valence-corrected chi connectivity index (χ2v) is 9.49. The van der Waals surface area contributed by atoms with Crippen LogP contribution in [0.2, 0.25) is 0 Å². The van der Waals surface area contributed by atoms with Crippen LogP contribution >= 0.6 is 24.0 Å². The van der Waals surface area contributed by atoms with Gasteiger partial charge in [-0.15, -0.1) is 24.0 Å². The highest BCUT2D eigenvalue weighted by molar-refractivity contribution is 14.0. The minimum Gasteiger partial charge on any atom is -0.357 e. The van der Waals surface area contributed by atoms with Gasteiger partial charge >= 0.3 is 6.18 Å². The first-order valence-corrected chi connectivity index (χ1v) is 9.86. The molecule has 0 radical (unpaired) electrons. The Kier molecular flexibility index (Phi) is 10.9. The van der Waals surface area contributed by atoms with Crippen LogP contribution in [-0.4, -0.2) is 46.0 Å². The number of nitrogens with one attached hydrogen (secondary N) is 2. The van der Waals surface area contributed by atoms with Crippen LogP contribution < -0.4 is 10.6 Å². The monoisotopic (exact) mass is 497 g/mol. The molecule has 0 aromatic heterocycles. The van der Waals surface area contributed by atoms with Gasteiger partial charge in [0.1, 0.15) is 0 Å². The fraction of sp³-hybridized carbons (Fsp3) is 0.938. The van der Waals surface area contributed by atoms with E-state index in [4.69, 9.17) is 0 Å². The van der Waals surface area contributed by atoms with Gasteiger partial charge in [-0.2, -0.15) is 13.2 Å². The molecule has 1 aliphatic rings. The number of hydrogen-bond donors (Lipinski definition) is 2. The average Bonchev–Trinajstić information content (AvgIpc) is 2.45. The van der Waals surface area contributed by atoms with Gasteiger partial charge in [0.05, 0.1) is 12.5 Å². The van der Waals surface area contributed by atoms with Crippen LogP contribution in [0.15, 0.2) is 4.99 Å². The number of hydrogen-bond acceptors (Lipinski definition) is 2. The van der Waals surface area contributed by atoms with Crippen molar-refractivity contribution in [3.05, 3.63) is 0 Å². The summed E-state index contributed by atoms with van der Waals surface area (Å²) in [6.07, 6.45) is -2.55. The SMILES string of the molecule is CCNC(=NCCS(=O)C(C)(C)C)NC1CCCC(C(F)(F)F)C1.I. The van der Waals surface area contributed by atoms with E-state index in [-0.39, 0.29) is 47.6 Å². The lowest BCUT2D eigenvalue weighted by molar-refractivity contribution is -0.183. The largest absolute Gasteiger partial charge is 0.391 e. The molecule has 150 valence electrons. The summed E-state index contributed by atoms with van der Waals surface area (Å²) in [5.74, 6) is -0.285. The minimum absolute atomic E-state index is 0. The lowest BCUT2D eigenvalue weighted by atomic mass is 9.85. The molecule has 0 aliphatic heterocycles. The molecule has 9 heteroatoms. The summed E-state index contributed by atoms with van der Waals surface area (Å²) in [7, 11) is -0.993. The Morgan fingerprint density at radius 1 is 1.24 bits per heavy atom. The zero-order valence-corrected chi connectivity index (χ0v) is 18.6. The minimum atomic E-state index is -4.13. The van der Waals surface area contributed by atoms with Gasteiger partial charge in [-0.3, -0.25) is 9.20 Å². The molecular weight excluding hydrogens is 466 g/mol. The Balaban J connectivity index is 0.00000576. The molecule has 0 bridgehead atoms. The highest BCUT2D eigenvalue weighted by atomic mass is 127. The quantitative estimate of drug-likeness (QED) is 0.345. The van der Waals surface area contributed by atoms with E-state index in [9.17, 15) is 17.4 Å². The summed E-state index contributed by atoms with van der Waals surface area (Å²) in [6.45, 7) is 8.66. The van der Waals surface area contributed by atoms with Crippen LogP contribution in [0, 0.1) is 5.92 Å². The Morgan fingerprint density at radius 2 is 1.88 bits per heavy atom. The van der Waals surface area contributed by atoms with Gasteiger partial charge in [0.2, 0.25) is 0 Å². The van der Waals surface area contributed by atoms with Crippen molar-refractivity contribution in [3.63, 3.8) is 0 Å². The van der Waals surface area contributed by atoms with E-state index in [1.165, 1.54) is 0 Å². The predicted molar refractivity (Wildman–Crippen MR) is 109 cm³/mol. The second-order valence-electron chi connectivity index (χ2n) is 7.17. The lowest BCUT2D eigenvalue weighted by Crippen LogP contribution is -2.47. The third-order valence-electron chi connectivity index (χ3n) is 4.05. The Labute approximate surface area is 168 Å². The van der Waals surface area contributed by atoms with Crippen molar-refractivity contribution >= 4 is 40.7 Å². The van der Waals surface area contributed by atoms with Crippen molar-refractivity contribution in [3.8, 4) is 0 Å². The first-order chi connectivity index (χ1) is 11.0. The maximum Gasteiger partial charge on any atom is 0.391 e. The molecule has 3 unspecified atom stereocenters. The van der Waals surface area contributed by atoms with E-state index in [0.29, 0.717) is 37.6 Å². The summed E-state index contributed by atoms with van der Waals surface area (Å²) >= 11 is 0. The maximum atomic E-state index is 12.9. The first-order valence-electron chi connectivity index (χ1n) is 8.54. The topological polar surface area (TPSA) is 53.5 Å². The van der Waals surface area contributed by atoms with Crippen molar-refractivity contribution in [2.45, 2.75) is 70.3 Å². The molecule has 4 nitrogen and oxygen atoms in total. The van der Waals surface area contributed by atoms with E-state index in [1.54, 1.807) is 0 Å².